The van der Waals surface area contributed by atoms with Crippen molar-refractivity contribution in [1.29, 1.82) is 0 Å². The number of aliphatic hydroxyl groups is 2. The summed E-state index contributed by atoms with van der Waals surface area (Å²) < 4.78 is 11.4. The molecule has 0 radical (unpaired) electrons. The third kappa shape index (κ3) is 9.30. The molecule has 47 heavy (non-hydrogen) atoms. The van der Waals surface area contributed by atoms with Crippen LogP contribution in [0.3, 0.4) is 0 Å². The highest BCUT2D eigenvalue weighted by molar-refractivity contribution is 6.39. The minimum absolute atomic E-state index is 0.00253. The molecule has 4 rings (SSSR count). The Labute approximate surface area is 285 Å². The van der Waals surface area contributed by atoms with Crippen LogP contribution in [-0.2, 0) is 24.5 Å². The zero-order valence-electron chi connectivity index (χ0n) is 25.1. The van der Waals surface area contributed by atoms with E-state index in [1.165, 1.54) is 19.4 Å². The summed E-state index contributed by atoms with van der Waals surface area (Å²) in [6.45, 7) is 0.392. The van der Waals surface area contributed by atoms with Crippen LogP contribution in [0.4, 0.5) is 5.69 Å². The number of carbonyl (C=O) groups excluding carboxylic acids is 1. The number of benzene rings is 2. The average molecular weight is 705 g/mol. The van der Waals surface area contributed by atoms with Crippen LogP contribution in [0.5, 0.6) is 11.6 Å². The first-order valence-corrected chi connectivity index (χ1v) is 15.4. The van der Waals surface area contributed by atoms with Crippen molar-refractivity contribution in [1.82, 2.24) is 20.6 Å². The first kappa shape index (κ1) is 35.8. The Balaban J connectivity index is 1.47. The van der Waals surface area contributed by atoms with Crippen molar-refractivity contribution in [2.75, 3.05) is 32.2 Å². The second kappa shape index (κ2) is 17.2. The molecule has 2 aromatic carbocycles. The molecule has 1 atom stereocenters. The molecule has 2 heterocycles. The fraction of sp³-hybridized carbons (Fsp3) is 0.250. The van der Waals surface area contributed by atoms with Gasteiger partial charge in [-0.05, 0) is 29.8 Å². The zero-order chi connectivity index (χ0) is 33.9. The highest BCUT2D eigenvalue weighted by Crippen LogP contribution is 2.41. The Kier molecular flexibility index (Phi) is 13.1. The van der Waals surface area contributed by atoms with E-state index in [-0.39, 0.29) is 35.5 Å². The second-order valence-electron chi connectivity index (χ2n) is 10.0. The third-order valence-electron chi connectivity index (χ3n) is 6.84. The summed E-state index contributed by atoms with van der Waals surface area (Å²) in [5, 5.41) is 36.6. The number of aromatic nitrogens is 2. The van der Waals surface area contributed by atoms with Gasteiger partial charge < -0.3 is 35.4 Å². The van der Waals surface area contributed by atoms with E-state index < -0.39 is 24.5 Å². The van der Waals surface area contributed by atoms with E-state index in [0.29, 0.717) is 57.8 Å². The second-order valence-corrected chi connectivity index (χ2v) is 11.2. The quantitative estimate of drug-likeness (QED) is 0.0903. The van der Waals surface area contributed by atoms with Gasteiger partial charge in [-0.1, -0.05) is 65.1 Å². The van der Waals surface area contributed by atoms with Crippen molar-refractivity contribution in [3.8, 4) is 22.8 Å². The number of hydrogen-bond acceptors (Lipinski definition) is 10. The molecule has 0 aliphatic heterocycles. The number of rotatable bonds is 16. The van der Waals surface area contributed by atoms with Gasteiger partial charge in [-0.25, -0.2) is 4.98 Å². The lowest BCUT2D eigenvalue weighted by Gasteiger charge is -2.16. The number of halogens is 3. The molecule has 0 unspecified atom stereocenters. The number of aliphatic carboxylic acids is 1. The maximum Gasteiger partial charge on any atom is 0.323 e. The number of nitrogens with zero attached hydrogens (tertiary/aromatic N) is 2. The molecule has 248 valence electrons. The lowest BCUT2D eigenvalue weighted by atomic mass is 10.0. The van der Waals surface area contributed by atoms with Crippen molar-refractivity contribution < 1.29 is 34.4 Å². The number of methoxy groups -OCH3 is 1. The summed E-state index contributed by atoms with van der Waals surface area (Å²) in [5.41, 5.74) is 3.33. The van der Waals surface area contributed by atoms with Crippen LogP contribution < -0.4 is 25.4 Å². The molecule has 6 N–H and O–H groups in total. The number of aliphatic hydroxyl groups excluding tert-OH is 2. The van der Waals surface area contributed by atoms with Crippen molar-refractivity contribution in [3.05, 3.63) is 98.4 Å². The maximum atomic E-state index is 13.0. The van der Waals surface area contributed by atoms with Gasteiger partial charge in [0.25, 0.3) is 5.91 Å². The average Bonchev–Trinajstić information content (AvgIpc) is 3.06. The highest BCUT2D eigenvalue weighted by atomic mass is 35.5. The van der Waals surface area contributed by atoms with Crippen molar-refractivity contribution in [2.45, 2.75) is 25.7 Å². The molecule has 15 heteroatoms. The standard InChI is InChI=1S/C32H32Cl3N5O7/c1-46-31-19(15-36-10-11-41)12-22(33)26(40-31)17-47-27-7-3-5-21(29(27)35)20-4-2-6-23(28(20)34)39-30(43)24-9-8-18(13-37-24)14-38-25(16-42)32(44)45/h2-9,12-13,25,36,38,41-42H,10-11,14-17H2,1H3,(H,39,43)(H,44,45)/t25-/m0/s1. The summed E-state index contributed by atoms with van der Waals surface area (Å²) in [6.07, 6.45) is 1.44. The molecule has 0 bridgehead atoms. The number of carboxylic acids is 1. The number of carboxylic acid groups (broad SMARTS) is 1. The molecule has 0 saturated heterocycles. The molecular formula is C32H32Cl3N5O7. The molecular weight excluding hydrogens is 673 g/mol. The van der Waals surface area contributed by atoms with Crippen LogP contribution in [0.2, 0.25) is 15.1 Å². The number of hydrogen-bond donors (Lipinski definition) is 6. The van der Waals surface area contributed by atoms with Gasteiger partial charge in [0, 0.05) is 42.5 Å². The Morgan fingerprint density at radius 2 is 1.72 bits per heavy atom. The highest BCUT2D eigenvalue weighted by Gasteiger charge is 2.19. The topological polar surface area (TPSA) is 175 Å². The first-order chi connectivity index (χ1) is 22.7. The molecule has 0 saturated carbocycles. The van der Waals surface area contributed by atoms with Crippen LogP contribution in [0.15, 0.2) is 60.8 Å². The predicted octanol–water partition coefficient (Wildman–Crippen LogP) is 4.56. The SMILES string of the molecule is COc1nc(COc2cccc(-c3cccc(NC(=O)c4ccc(CN[C@@H](CO)C(=O)O)cn4)c3Cl)c2Cl)c(Cl)cc1CNCCO. The molecule has 0 aliphatic rings. The Morgan fingerprint density at radius 3 is 2.38 bits per heavy atom. The van der Waals surface area contributed by atoms with Crippen molar-refractivity contribution >= 4 is 52.4 Å². The minimum atomic E-state index is -1.18. The molecule has 12 nitrogen and oxygen atoms in total. The number of ether oxygens (including phenoxy) is 2. The van der Waals surface area contributed by atoms with E-state index in [0.717, 1.165) is 5.56 Å². The fourth-order valence-electron chi connectivity index (χ4n) is 4.39. The number of anilines is 1. The number of nitrogens with one attached hydrogen (secondary N) is 3. The lowest BCUT2D eigenvalue weighted by Crippen LogP contribution is -2.39. The summed E-state index contributed by atoms with van der Waals surface area (Å²) in [7, 11) is 1.50. The van der Waals surface area contributed by atoms with E-state index in [4.69, 9.17) is 59.6 Å². The van der Waals surface area contributed by atoms with E-state index in [1.807, 2.05) is 0 Å². The van der Waals surface area contributed by atoms with Crippen LogP contribution in [0, 0.1) is 0 Å². The number of pyridine rings is 2. The van der Waals surface area contributed by atoms with E-state index >= 15 is 0 Å². The summed E-state index contributed by atoms with van der Waals surface area (Å²) in [4.78, 5) is 32.7. The normalized spacial score (nSPS) is 11.6. The van der Waals surface area contributed by atoms with Gasteiger partial charge >= 0.3 is 5.97 Å². The predicted molar refractivity (Wildman–Crippen MR) is 178 cm³/mol. The summed E-state index contributed by atoms with van der Waals surface area (Å²) >= 11 is 20.0. The van der Waals surface area contributed by atoms with Gasteiger partial charge in [-0.2, -0.15) is 0 Å². The molecule has 0 aliphatic carbocycles. The van der Waals surface area contributed by atoms with Gasteiger partial charge in [-0.3, -0.25) is 19.9 Å². The van der Waals surface area contributed by atoms with Crippen molar-refractivity contribution in [2.24, 2.45) is 0 Å². The molecule has 0 spiro atoms. The van der Waals surface area contributed by atoms with Gasteiger partial charge in [0.05, 0.1) is 41.1 Å². The number of amides is 1. The van der Waals surface area contributed by atoms with Crippen LogP contribution in [-0.4, -0.2) is 70.1 Å². The minimum Gasteiger partial charge on any atom is -0.486 e. The van der Waals surface area contributed by atoms with Gasteiger partial charge in [-0.15, -0.1) is 0 Å². The van der Waals surface area contributed by atoms with Crippen LogP contribution in [0.1, 0.15) is 27.3 Å². The van der Waals surface area contributed by atoms with E-state index in [9.17, 15) is 9.59 Å². The Hall–Kier alpha value is -4.01. The fourth-order valence-corrected chi connectivity index (χ4v) is 5.17. The lowest BCUT2D eigenvalue weighted by molar-refractivity contribution is -0.140. The smallest absolute Gasteiger partial charge is 0.323 e. The van der Waals surface area contributed by atoms with Gasteiger partial charge in [0.1, 0.15) is 29.8 Å². The van der Waals surface area contributed by atoms with E-state index in [2.05, 4.69) is 25.9 Å². The molecule has 2 aromatic heterocycles. The molecule has 0 fully saturated rings. The summed E-state index contributed by atoms with van der Waals surface area (Å²) in [6, 6.07) is 14.1. The van der Waals surface area contributed by atoms with Gasteiger partial charge in [0.15, 0.2) is 0 Å². The number of carbonyl (C=O) groups is 2. The van der Waals surface area contributed by atoms with E-state index in [1.54, 1.807) is 48.5 Å². The van der Waals surface area contributed by atoms with Crippen LogP contribution in [0.25, 0.3) is 11.1 Å². The maximum absolute atomic E-state index is 13.0. The monoisotopic (exact) mass is 703 g/mol. The van der Waals surface area contributed by atoms with Gasteiger partial charge in [0.2, 0.25) is 5.88 Å². The van der Waals surface area contributed by atoms with Crippen molar-refractivity contribution in [3.63, 3.8) is 0 Å². The Bertz CT molecular complexity index is 1710. The first-order valence-electron chi connectivity index (χ1n) is 14.2. The largest absolute Gasteiger partial charge is 0.486 e. The zero-order valence-corrected chi connectivity index (χ0v) is 27.4. The molecule has 4 aromatic rings. The third-order valence-corrected chi connectivity index (χ3v) is 7.96. The van der Waals surface area contributed by atoms with Crippen LogP contribution >= 0.6 is 34.8 Å². The summed E-state index contributed by atoms with van der Waals surface area (Å²) in [5.74, 6) is -0.961. The molecule has 1 amide bonds. The Morgan fingerprint density at radius 1 is 0.979 bits per heavy atom.